The molecule has 2 aromatic rings. The molecule has 3 rings (SSSR count). The molecule has 0 saturated carbocycles. The lowest BCUT2D eigenvalue weighted by Gasteiger charge is -2.34. The molecule has 1 heterocycles. The molecule has 6 heteroatoms. The molecule has 132 valence electrons. The summed E-state index contributed by atoms with van der Waals surface area (Å²) in [7, 11) is 0. The van der Waals surface area contributed by atoms with Crippen molar-refractivity contribution in [1.29, 1.82) is 0 Å². The molecule has 0 unspecified atom stereocenters. The summed E-state index contributed by atoms with van der Waals surface area (Å²) in [4.78, 5) is 16.6. The quantitative estimate of drug-likeness (QED) is 0.733. The standard InChI is InChI=1S/C19H20BrClN2O2/c20-16-7-4-8-17(19(16)21)25-14-18(24)23-11-9-22(10-12-23)13-15-5-2-1-3-6-15/h1-8H,9-14H2. The Morgan fingerprint density at radius 2 is 1.76 bits per heavy atom. The summed E-state index contributed by atoms with van der Waals surface area (Å²) in [6, 6.07) is 15.8. The first kappa shape index (κ1) is 18.2. The van der Waals surface area contributed by atoms with E-state index in [0.717, 1.165) is 37.2 Å². The van der Waals surface area contributed by atoms with Crippen molar-refractivity contribution in [2.45, 2.75) is 6.54 Å². The van der Waals surface area contributed by atoms with Gasteiger partial charge in [0.25, 0.3) is 5.91 Å². The van der Waals surface area contributed by atoms with E-state index in [0.29, 0.717) is 10.8 Å². The largest absolute Gasteiger partial charge is 0.482 e. The minimum Gasteiger partial charge on any atom is -0.482 e. The number of benzene rings is 2. The topological polar surface area (TPSA) is 32.8 Å². The zero-order chi connectivity index (χ0) is 17.6. The third kappa shape index (κ3) is 4.97. The van der Waals surface area contributed by atoms with E-state index in [-0.39, 0.29) is 12.5 Å². The molecule has 1 aliphatic rings. The Balaban J connectivity index is 1.46. The molecule has 0 spiro atoms. The molecule has 1 amide bonds. The van der Waals surface area contributed by atoms with Crippen LogP contribution >= 0.6 is 27.5 Å². The number of amides is 1. The van der Waals surface area contributed by atoms with E-state index in [4.69, 9.17) is 16.3 Å². The van der Waals surface area contributed by atoms with Gasteiger partial charge in [0.05, 0.1) is 5.02 Å². The fourth-order valence-electron chi connectivity index (χ4n) is 2.82. The van der Waals surface area contributed by atoms with Crippen LogP contribution in [0.3, 0.4) is 0 Å². The highest BCUT2D eigenvalue weighted by Crippen LogP contribution is 2.31. The van der Waals surface area contributed by atoms with Crippen LogP contribution < -0.4 is 4.74 Å². The molecule has 0 aliphatic carbocycles. The van der Waals surface area contributed by atoms with Gasteiger partial charge in [0.15, 0.2) is 6.61 Å². The van der Waals surface area contributed by atoms with Gasteiger partial charge in [-0.25, -0.2) is 0 Å². The van der Waals surface area contributed by atoms with Gasteiger partial charge in [0.1, 0.15) is 5.75 Å². The van der Waals surface area contributed by atoms with Crippen molar-refractivity contribution in [3.63, 3.8) is 0 Å². The minimum absolute atomic E-state index is 0.00426. The minimum atomic E-state index is -0.00426. The van der Waals surface area contributed by atoms with Crippen LogP contribution in [-0.2, 0) is 11.3 Å². The van der Waals surface area contributed by atoms with E-state index in [9.17, 15) is 4.79 Å². The van der Waals surface area contributed by atoms with Gasteiger partial charge in [0.2, 0.25) is 0 Å². The second-order valence-electron chi connectivity index (χ2n) is 5.98. The van der Waals surface area contributed by atoms with Crippen molar-refractivity contribution in [3.05, 3.63) is 63.6 Å². The molecule has 2 aromatic carbocycles. The van der Waals surface area contributed by atoms with E-state index in [1.54, 1.807) is 6.07 Å². The highest BCUT2D eigenvalue weighted by molar-refractivity contribution is 9.10. The van der Waals surface area contributed by atoms with Crippen molar-refractivity contribution in [1.82, 2.24) is 9.80 Å². The Bertz CT molecular complexity index is 719. The SMILES string of the molecule is O=C(COc1cccc(Br)c1Cl)N1CCN(Cc2ccccc2)CC1. The number of nitrogens with zero attached hydrogens (tertiary/aromatic N) is 2. The van der Waals surface area contributed by atoms with E-state index >= 15 is 0 Å². The van der Waals surface area contributed by atoms with E-state index in [2.05, 4.69) is 45.1 Å². The Kier molecular flexibility index (Phi) is 6.34. The molecule has 1 fully saturated rings. The molecular weight excluding hydrogens is 404 g/mol. The fourth-order valence-corrected chi connectivity index (χ4v) is 3.35. The molecule has 1 aliphatic heterocycles. The second-order valence-corrected chi connectivity index (χ2v) is 7.22. The van der Waals surface area contributed by atoms with Crippen molar-refractivity contribution in [2.24, 2.45) is 0 Å². The summed E-state index contributed by atoms with van der Waals surface area (Å²) in [6.45, 7) is 4.13. The van der Waals surface area contributed by atoms with Gasteiger partial charge in [-0.15, -0.1) is 0 Å². The van der Waals surface area contributed by atoms with E-state index in [1.165, 1.54) is 5.56 Å². The lowest BCUT2D eigenvalue weighted by atomic mass is 10.2. The Morgan fingerprint density at radius 1 is 1.04 bits per heavy atom. The summed E-state index contributed by atoms with van der Waals surface area (Å²) >= 11 is 9.51. The van der Waals surface area contributed by atoms with Crippen molar-refractivity contribution in [2.75, 3.05) is 32.8 Å². The van der Waals surface area contributed by atoms with Gasteiger partial charge in [-0.05, 0) is 33.6 Å². The maximum atomic E-state index is 12.4. The number of hydrogen-bond donors (Lipinski definition) is 0. The average molecular weight is 424 g/mol. The van der Waals surface area contributed by atoms with Crippen LogP contribution in [0.5, 0.6) is 5.75 Å². The normalized spacial score (nSPS) is 15.2. The highest BCUT2D eigenvalue weighted by Gasteiger charge is 2.21. The number of halogens is 2. The summed E-state index contributed by atoms with van der Waals surface area (Å²) in [5, 5.41) is 0.489. The summed E-state index contributed by atoms with van der Waals surface area (Å²) in [5.74, 6) is 0.516. The molecule has 0 aromatic heterocycles. The molecule has 1 saturated heterocycles. The average Bonchev–Trinajstić information content (AvgIpc) is 2.64. The zero-order valence-corrected chi connectivity index (χ0v) is 16.2. The molecule has 0 N–H and O–H groups in total. The van der Waals surface area contributed by atoms with Gasteiger partial charge in [-0.2, -0.15) is 0 Å². The van der Waals surface area contributed by atoms with Gasteiger partial charge in [-0.3, -0.25) is 9.69 Å². The summed E-state index contributed by atoms with van der Waals surface area (Å²) in [5.41, 5.74) is 1.30. The van der Waals surface area contributed by atoms with Gasteiger partial charge in [-0.1, -0.05) is 48.0 Å². The maximum Gasteiger partial charge on any atom is 0.260 e. The zero-order valence-electron chi connectivity index (χ0n) is 13.8. The second kappa shape index (κ2) is 8.70. The lowest BCUT2D eigenvalue weighted by Crippen LogP contribution is -2.49. The molecule has 0 bridgehead atoms. The fraction of sp³-hybridized carbons (Fsp3) is 0.316. The Morgan fingerprint density at radius 3 is 2.48 bits per heavy atom. The number of hydrogen-bond acceptors (Lipinski definition) is 3. The first-order chi connectivity index (χ1) is 12.1. The van der Waals surface area contributed by atoms with Crippen molar-refractivity contribution >= 4 is 33.4 Å². The van der Waals surface area contributed by atoms with Crippen molar-refractivity contribution < 1.29 is 9.53 Å². The monoisotopic (exact) mass is 422 g/mol. The van der Waals surface area contributed by atoms with Gasteiger partial charge >= 0.3 is 0 Å². The lowest BCUT2D eigenvalue weighted by molar-refractivity contribution is -0.135. The smallest absolute Gasteiger partial charge is 0.260 e. The van der Waals surface area contributed by atoms with E-state index in [1.807, 2.05) is 23.1 Å². The third-order valence-corrected chi connectivity index (χ3v) is 5.52. The predicted molar refractivity (Wildman–Crippen MR) is 103 cm³/mol. The molecule has 0 atom stereocenters. The maximum absolute atomic E-state index is 12.4. The number of carbonyl (C=O) groups excluding carboxylic acids is 1. The number of piperazine rings is 1. The van der Waals surface area contributed by atoms with Crippen molar-refractivity contribution in [3.8, 4) is 5.75 Å². The van der Waals surface area contributed by atoms with Crippen LogP contribution in [0.1, 0.15) is 5.56 Å². The van der Waals surface area contributed by atoms with Crippen LogP contribution in [0.4, 0.5) is 0 Å². The first-order valence-electron chi connectivity index (χ1n) is 8.24. The predicted octanol–water partition coefficient (Wildman–Crippen LogP) is 3.83. The summed E-state index contributed by atoms with van der Waals surface area (Å²) < 4.78 is 6.35. The molecule has 0 radical (unpaired) electrons. The molecule has 4 nitrogen and oxygen atoms in total. The van der Waals surface area contributed by atoms with E-state index < -0.39 is 0 Å². The highest BCUT2D eigenvalue weighted by atomic mass is 79.9. The Labute approximate surface area is 161 Å². The molecule has 25 heavy (non-hydrogen) atoms. The van der Waals surface area contributed by atoms with Crippen LogP contribution in [0, 0.1) is 0 Å². The first-order valence-corrected chi connectivity index (χ1v) is 9.41. The number of ether oxygens (including phenoxy) is 1. The van der Waals surface area contributed by atoms with Gasteiger partial charge < -0.3 is 9.64 Å². The summed E-state index contributed by atoms with van der Waals surface area (Å²) in [6.07, 6.45) is 0. The number of carbonyl (C=O) groups is 1. The third-order valence-electron chi connectivity index (χ3n) is 4.24. The van der Waals surface area contributed by atoms with Crippen LogP contribution in [0.2, 0.25) is 5.02 Å². The van der Waals surface area contributed by atoms with Crippen LogP contribution in [0.25, 0.3) is 0 Å². The van der Waals surface area contributed by atoms with Crippen LogP contribution in [-0.4, -0.2) is 48.5 Å². The molecular formula is C19H20BrClN2O2. The van der Waals surface area contributed by atoms with Gasteiger partial charge in [0, 0.05) is 37.2 Å². The van der Waals surface area contributed by atoms with Crippen LogP contribution in [0.15, 0.2) is 53.0 Å². The Hall–Kier alpha value is -1.56. The number of rotatable bonds is 5.